The van der Waals surface area contributed by atoms with E-state index in [1.54, 1.807) is 0 Å². The van der Waals surface area contributed by atoms with Gasteiger partial charge >= 0.3 is 0 Å². The second-order valence-electron chi connectivity index (χ2n) is 10.1. The molecular weight excluding hydrogens is 435 g/mol. The zero-order chi connectivity index (χ0) is 24.3. The van der Waals surface area contributed by atoms with E-state index >= 15 is 0 Å². The maximum atomic E-state index is 6.47. The van der Waals surface area contributed by atoms with E-state index in [2.05, 4.69) is 89.5 Å². The minimum absolute atomic E-state index is 1.05. The van der Waals surface area contributed by atoms with Gasteiger partial charge in [0.05, 0.1) is 11.2 Å². The number of aromatic nitrogens is 2. The van der Waals surface area contributed by atoms with Crippen LogP contribution in [0.25, 0.3) is 50.5 Å². The van der Waals surface area contributed by atoms with Crippen LogP contribution in [0.15, 0.2) is 78.9 Å². The molecule has 2 nitrogen and oxygen atoms in total. The van der Waals surface area contributed by atoms with Crippen LogP contribution in [0.2, 0.25) is 0 Å². The molecular formula is C33H33BN2. The second kappa shape index (κ2) is 10.3. The molecule has 0 saturated carbocycles. The SMILES string of the molecule is [B]n1c2ccccc2c2cc(-n3c4c(c5ccccc53)/C=C\CCCCCCCCCC=C4)ccc21. The molecule has 1 aliphatic rings. The monoisotopic (exact) mass is 468 g/mol. The number of para-hydroxylation sites is 2. The molecule has 5 aromatic rings. The summed E-state index contributed by atoms with van der Waals surface area (Å²) < 4.78 is 4.25. The van der Waals surface area contributed by atoms with Gasteiger partial charge in [0, 0.05) is 38.4 Å². The highest BCUT2D eigenvalue weighted by molar-refractivity contribution is 6.22. The number of rotatable bonds is 1. The van der Waals surface area contributed by atoms with Crippen LogP contribution in [0.3, 0.4) is 0 Å². The fraction of sp³-hybridized carbons (Fsp3) is 0.273. The Kier molecular flexibility index (Phi) is 6.55. The lowest BCUT2D eigenvalue weighted by Crippen LogP contribution is -1.97. The normalized spacial score (nSPS) is 16.7. The number of allylic oxidation sites excluding steroid dienone is 2. The predicted octanol–water partition coefficient (Wildman–Crippen LogP) is 9.22. The van der Waals surface area contributed by atoms with Crippen LogP contribution < -0.4 is 0 Å². The van der Waals surface area contributed by atoms with Gasteiger partial charge in [0.2, 0.25) is 7.98 Å². The Hall–Kier alpha value is -3.46. The molecule has 2 radical (unpaired) electrons. The van der Waals surface area contributed by atoms with Crippen molar-refractivity contribution in [1.82, 2.24) is 9.05 Å². The van der Waals surface area contributed by atoms with Gasteiger partial charge < -0.3 is 9.05 Å². The summed E-state index contributed by atoms with van der Waals surface area (Å²) in [5.74, 6) is 0. The first-order valence-electron chi connectivity index (χ1n) is 13.6. The van der Waals surface area contributed by atoms with Crippen LogP contribution in [-0.2, 0) is 0 Å². The van der Waals surface area contributed by atoms with Gasteiger partial charge in [-0.3, -0.25) is 0 Å². The number of fused-ring (bicyclic) bond motifs is 6. The molecule has 0 bridgehead atoms. The Morgan fingerprint density at radius 2 is 1.17 bits per heavy atom. The van der Waals surface area contributed by atoms with Crippen molar-refractivity contribution in [1.29, 1.82) is 0 Å². The van der Waals surface area contributed by atoms with Crippen molar-refractivity contribution in [3.8, 4) is 5.69 Å². The third kappa shape index (κ3) is 4.21. The first-order valence-corrected chi connectivity index (χ1v) is 13.6. The van der Waals surface area contributed by atoms with Crippen molar-refractivity contribution < 1.29 is 0 Å². The van der Waals surface area contributed by atoms with Gasteiger partial charge in [-0.1, -0.05) is 86.7 Å². The van der Waals surface area contributed by atoms with Crippen molar-refractivity contribution in [3.05, 3.63) is 90.1 Å². The van der Waals surface area contributed by atoms with Gasteiger partial charge in [-0.05, 0) is 62.1 Å². The van der Waals surface area contributed by atoms with Crippen molar-refractivity contribution >= 4 is 52.8 Å². The molecule has 3 heteroatoms. The molecule has 0 aliphatic heterocycles. The topological polar surface area (TPSA) is 9.86 Å². The summed E-state index contributed by atoms with van der Waals surface area (Å²) in [7, 11) is 6.47. The maximum Gasteiger partial charge on any atom is 0.234 e. The Bertz CT molecular complexity index is 1580. The van der Waals surface area contributed by atoms with Crippen LogP contribution in [0.1, 0.15) is 69.0 Å². The van der Waals surface area contributed by atoms with E-state index < -0.39 is 0 Å². The van der Waals surface area contributed by atoms with E-state index in [4.69, 9.17) is 7.98 Å². The second-order valence-corrected chi connectivity index (χ2v) is 10.1. The van der Waals surface area contributed by atoms with Gasteiger partial charge in [0.25, 0.3) is 0 Å². The lowest BCUT2D eigenvalue weighted by Gasteiger charge is -2.10. The molecule has 0 spiro atoms. The Morgan fingerprint density at radius 3 is 1.94 bits per heavy atom. The summed E-state index contributed by atoms with van der Waals surface area (Å²) in [6.45, 7) is 0. The average Bonchev–Trinajstić information content (AvgIpc) is 3.37. The van der Waals surface area contributed by atoms with E-state index in [0.29, 0.717) is 0 Å². The van der Waals surface area contributed by atoms with Crippen LogP contribution in [0.5, 0.6) is 0 Å². The summed E-state index contributed by atoms with van der Waals surface area (Å²) in [5.41, 5.74) is 7.11. The van der Waals surface area contributed by atoms with Crippen molar-refractivity contribution in [3.63, 3.8) is 0 Å². The third-order valence-corrected chi connectivity index (χ3v) is 7.71. The summed E-state index contributed by atoms with van der Waals surface area (Å²) in [5, 5.41) is 3.68. The molecule has 1 aliphatic carbocycles. The molecule has 178 valence electrons. The largest absolute Gasteiger partial charge is 0.397 e. The maximum absolute atomic E-state index is 6.47. The molecule has 2 aromatic heterocycles. The highest BCUT2D eigenvalue weighted by Crippen LogP contribution is 2.35. The number of benzene rings is 3. The first kappa shape index (κ1) is 23.0. The lowest BCUT2D eigenvalue weighted by molar-refractivity contribution is 0.584. The van der Waals surface area contributed by atoms with E-state index in [0.717, 1.165) is 23.9 Å². The minimum atomic E-state index is 1.05. The van der Waals surface area contributed by atoms with Crippen molar-refractivity contribution in [2.75, 3.05) is 0 Å². The molecule has 6 rings (SSSR count). The van der Waals surface area contributed by atoms with E-state index in [-0.39, 0.29) is 0 Å². The van der Waals surface area contributed by atoms with Gasteiger partial charge in [-0.25, -0.2) is 0 Å². The Labute approximate surface area is 215 Å². The smallest absolute Gasteiger partial charge is 0.234 e. The third-order valence-electron chi connectivity index (χ3n) is 7.71. The first-order chi connectivity index (χ1) is 17.8. The van der Waals surface area contributed by atoms with Crippen molar-refractivity contribution in [2.45, 2.75) is 57.8 Å². The van der Waals surface area contributed by atoms with Crippen LogP contribution in [0.4, 0.5) is 0 Å². The quantitative estimate of drug-likeness (QED) is 0.217. The fourth-order valence-electron chi connectivity index (χ4n) is 5.84. The zero-order valence-electron chi connectivity index (χ0n) is 21.0. The van der Waals surface area contributed by atoms with Gasteiger partial charge in [0.1, 0.15) is 0 Å². The van der Waals surface area contributed by atoms with Gasteiger partial charge in [0.15, 0.2) is 0 Å². The summed E-state index contributed by atoms with van der Waals surface area (Å²) in [4.78, 5) is 0. The molecule has 2 heterocycles. The molecule has 36 heavy (non-hydrogen) atoms. The van der Waals surface area contributed by atoms with Gasteiger partial charge in [-0.2, -0.15) is 0 Å². The predicted molar refractivity (Wildman–Crippen MR) is 157 cm³/mol. The Balaban J connectivity index is 1.55. The van der Waals surface area contributed by atoms with Crippen LogP contribution >= 0.6 is 0 Å². The van der Waals surface area contributed by atoms with E-state index in [1.807, 2.05) is 10.5 Å². The molecule has 0 atom stereocenters. The van der Waals surface area contributed by atoms with E-state index in [1.165, 1.54) is 83.6 Å². The standard InChI is InChI=1S/C33H33BN2/c34-36-32-21-15-13-18-28(32)29-24-25(22-23-33(29)36)35-30-19-11-9-7-5-3-1-2-4-6-8-10-16-26(30)27-17-12-14-20-31(27)35/h10-24H,1-9H2/b16-10-,19-11?. The number of hydrogen-bond acceptors (Lipinski definition) is 0. The van der Waals surface area contributed by atoms with E-state index in [9.17, 15) is 0 Å². The van der Waals surface area contributed by atoms with Crippen molar-refractivity contribution in [2.24, 2.45) is 0 Å². The molecule has 0 N–H and O–H groups in total. The molecule has 0 unspecified atom stereocenters. The van der Waals surface area contributed by atoms with Crippen LogP contribution in [-0.4, -0.2) is 17.0 Å². The summed E-state index contributed by atoms with van der Waals surface area (Å²) >= 11 is 0. The molecule has 0 amide bonds. The number of hydrogen-bond donors (Lipinski definition) is 0. The lowest BCUT2D eigenvalue weighted by atomic mass is 10.1. The Morgan fingerprint density at radius 1 is 0.556 bits per heavy atom. The molecule has 0 saturated heterocycles. The zero-order valence-corrected chi connectivity index (χ0v) is 21.0. The molecule has 3 aromatic carbocycles. The van der Waals surface area contributed by atoms with Crippen LogP contribution in [0, 0.1) is 0 Å². The number of nitrogens with zero attached hydrogens (tertiary/aromatic N) is 2. The van der Waals surface area contributed by atoms with Gasteiger partial charge in [-0.15, -0.1) is 0 Å². The highest BCUT2D eigenvalue weighted by Gasteiger charge is 2.16. The molecule has 0 fully saturated rings. The fourth-order valence-corrected chi connectivity index (χ4v) is 5.84. The minimum Gasteiger partial charge on any atom is -0.397 e. The highest BCUT2D eigenvalue weighted by atomic mass is 15.0. The summed E-state index contributed by atoms with van der Waals surface area (Å²) in [6, 6.07) is 23.9. The average molecular weight is 468 g/mol. The summed E-state index contributed by atoms with van der Waals surface area (Å²) in [6.07, 6.45) is 21.1.